The molecule has 13 heavy (non-hydrogen) atoms. The third kappa shape index (κ3) is 3.53. The molecule has 0 aliphatic carbocycles. The molecule has 74 valence electrons. The summed E-state index contributed by atoms with van der Waals surface area (Å²) in [7, 11) is 0. The SMILES string of the molecule is CC.CCC(C)(C)c1ncccn1. The Morgan fingerprint density at radius 1 is 1.15 bits per heavy atom. The van der Waals surface area contributed by atoms with Crippen LogP contribution in [0.4, 0.5) is 0 Å². The molecule has 0 aliphatic heterocycles. The van der Waals surface area contributed by atoms with E-state index in [1.165, 1.54) is 0 Å². The normalized spacial score (nSPS) is 10.2. The first-order chi connectivity index (χ1) is 6.17. The van der Waals surface area contributed by atoms with Gasteiger partial charge in [0.15, 0.2) is 0 Å². The minimum absolute atomic E-state index is 0.112. The molecule has 0 saturated heterocycles. The topological polar surface area (TPSA) is 25.8 Å². The minimum atomic E-state index is 0.112. The maximum absolute atomic E-state index is 4.21. The molecule has 0 aliphatic rings. The van der Waals surface area contributed by atoms with E-state index >= 15 is 0 Å². The number of hydrogen-bond acceptors (Lipinski definition) is 2. The van der Waals surface area contributed by atoms with Crippen molar-refractivity contribution in [3.05, 3.63) is 24.3 Å². The minimum Gasteiger partial charge on any atom is -0.241 e. The third-order valence-corrected chi connectivity index (χ3v) is 2.05. The Labute approximate surface area is 81.4 Å². The maximum atomic E-state index is 4.21. The number of aromatic nitrogens is 2. The standard InChI is InChI=1S/C9H14N2.C2H6/c1-4-9(2,3)8-10-6-5-7-11-8;1-2/h5-7H,4H2,1-3H3;1-2H3. The fourth-order valence-corrected chi connectivity index (χ4v) is 0.807. The zero-order valence-corrected chi connectivity index (χ0v) is 9.33. The highest BCUT2D eigenvalue weighted by Gasteiger charge is 2.20. The van der Waals surface area contributed by atoms with Gasteiger partial charge in [-0.05, 0) is 12.5 Å². The molecule has 1 heterocycles. The van der Waals surface area contributed by atoms with Gasteiger partial charge in [0.25, 0.3) is 0 Å². The van der Waals surface area contributed by atoms with Crippen LogP contribution >= 0.6 is 0 Å². The van der Waals surface area contributed by atoms with Crippen molar-refractivity contribution in [2.45, 2.75) is 46.5 Å². The van der Waals surface area contributed by atoms with Crippen molar-refractivity contribution in [2.75, 3.05) is 0 Å². The van der Waals surface area contributed by atoms with Gasteiger partial charge in [0, 0.05) is 17.8 Å². The molecule has 0 N–H and O–H groups in total. The lowest BCUT2D eigenvalue weighted by molar-refractivity contribution is 0.472. The van der Waals surface area contributed by atoms with E-state index in [4.69, 9.17) is 0 Å². The summed E-state index contributed by atoms with van der Waals surface area (Å²) >= 11 is 0. The largest absolute Gasteiger partial charge is 0.241 e. The molecule has 0 bridgehead atoms. The monoisotopic (exact) mass is 180 g/mol. The van der Waals surface area contributed by atoms with E-state index in [0.29, 0.717) is 0 Å². The quantitative estimate of drug-likeness (QED) is 0.698. The molecule has 0 atom stereocenters. The second-order valence-corrected chi connectivity index (χ2v) is 3.31. The predicted molar refractivity (Wildman–Crippen MR) is 56.7 cm³/mol. The molecule has 0 saturated carbocycles. The number of rotatable bonds is 2. The smallest absolute Gasteiger partial charge is 0.133 e. The summed E-state index contributed by atoms with van der Waals surface area (Å²) < 4.78 is 0. The zero-order valence-electron chi connectivity index (χ0n) is 9.33. The van der Waals surface area contributed by atoms with Crippen molar-refractivity contribution in [3.8, 4) is 0 Å². The molecule has 0 aromatic carbocycles. The Bertz CT molecular complexity index is 217. The number of nitrogens with zero attached hydrogens (tertiary/aromatic N) is 2. The summed E-state index contributed by atoms with van der Waals surface area (Å²) in [5.74, 6) is 0.933. The van der Waals surface area contributed by atoms with Gasteiger partial charge in [-0.3, -0.25) is 0 Å². The van der Waals surface area contributed by atoms with Crippen molar-refractivity contribution in [3.63, 3.8) is 0 Å². The second-order valence-electron chi connectivity index (χ2n) is 3.31. The summed E-state index contributed by atoms with van der Waals surface area (Å²) in [6.07, 6.45) is 4.65. The van der Waals surface area contributed by atoms with E-state index in [1.54, 1.807) is 12.4 Å². The molecule has 0 radical (unpaired) electrons. The average Bonchev–Trinajstić information content (AvgIpc) is 2.22. The van der Waals surface area contributed by atoms with Crippen LogP contribution in [0.3, 0.4) is 0 Å². The molecule has 1 rings (SSSR count). The molecular weight excluding hydrogens is 160 g/mol. The average molecular weight is 180 g/mol. The Hall–Kier alpha value is -0.920. The van der Waals surface area contributed by atoms with Crippen LogP contribution in [0.15, 0.2) is 18.5 Å². The Balaban J connectivity index is 0.000000671. The first-order valence-corrected chi connectivity index (χ1v) is 4.94. The van der Waals surface area contributed by atoms with E-state index in [0.717, 1.165) is 12.2 Å². The molecule has 0 fully saturated rings. The Morgan fingerprint density at radius 2 is 1.62 bits per heavy atom. The van der Waals surface area contributed by atoms with Crippen LogP contribution in [-0.2, 0) is 5.41 Å². The Morgan fingerprint density at radius 3 is 2.00 bits per heavy atom. The van der Waals surface area contributed by atoms with Crippen molar-refractivity contribution >= 4 is 0 Å². The molecule has 2 heteroatoms. The van der Waals surface area contributed by atoms with Crippen molar-refractivity contribution in [2.24, 2.45) is 0 Å². The molecule has 0 spiro atoms. The molecule has 1 aromatic heterocycles. The number of hydrogen-bond donors (Lipinski definition) is 0. The summed E-state index contributed by atoms with van der Waals surface area (Å²) in [6, 6.07) is 1.84. The van der Waals surface area contributed by atoms with Gasteiger partial charge in [-0.1, -0.05) is 34.6 Å². The first-order valence-electron chi connectivity index (χ1n) is 4.94. The van der Waals surface area contributed by atoms with Crippen LogP contribution in [0.5, 0.6) is 0 Å². The van der Waals surface area contributed by atoms with Gasteiger partial charge < -0.3 is 0 Å². The van der Waals surface area contributed by atoms with Crippen molar-refractivity contribution in [1.82, 2.24) is 9.97 Å². The van der Waals surface area contributed by atoms with Gasteiger partial charge in [-0.2, -0.15) is 0 Å². The van der Waals surface area contributed by atoms with Gasteiger partial charge in [-0.15, -0.1) is 0 Å². The van der Waals surface area contributed by atoms with Crippen molar-refractivity contribution < 1.29 is 0 Å². The molecular formula is C11H20N2. The highest BCUT2D eigenvalue weighted by Crippen LogP contribution is 2.21. The zero-order chi connectivity index (χ0) is 10.3. The summed E-state index contributed by atoms with van der Waals surface area (Å²) in [5.41, 5.74) is 0.112. The maximum Gasteiger partial charge on any atom is 0.133 e. The Kier molecular flexibility index (Phi) is 5.28. The van der Waals surface area contributed by atoms with Gasteiger partial charge in [0.1, 0.15) is 5.82 Å². The van der Waals surface area contributed by atoms with E-state index in [2.05, 4.69) is 30.7 Å². The second kappa shape index (κ2) is 5.68. The summed E-state index contributed by atoms with van der Waals surface area (Å²) in [6.45, 7) is 10.5. The highest BCUT2D eigenvalue weighted by molar-refractivity contribution is 5.02. The first kappa shape index (κ1) is 12.1. The van der Waals surface area contributed by atoms with Gasteiger partial charge in [0.05, 0.1) is 0 Å². The lowest BCUT2D eigenvalue weighted by atomic mass is 9.89. The van der Waals surface area contributed by atoms with E-state index in [9.17, 15) is 0 Å². The van der Waals surface area contributed by atoms with E-state index in [1.807, 2.05) is 19.9 Å². The third-order valence-electron chi connectivity index (χ3n) is 2.05. The van der Waals surface area contributed by atoms with Crippen LogP contribution in [0.2, 0.25) is 0 Å². The van der Waals surface area contributed by atoms with Crippen LogP contribution < -0.4 is 0 Å². The highest BCUT2D eigenvalue weighted by atomic mass is 14.9. The molecule has 1 aromatic rings. The predicted octanol–water partition coefficient (Wildman–Crippen LogP) is 3.19. The molecule has 2 nitrogen and oxygen atoms in total. The fraction of sp³-hybridized carbons (Fsp3) is 0.636. The summed E-state index contributed by atoms with van der Waals surface area (Å²) in [4.78, 5) is 8.42. The lowest BCUT2D eigenvalue weighted by Gasteiger charge is -2.19. The fourth-order valence-electron chi connectivity index (χ4n) is 0.807. The van der Waals surface area contributed by atoms with Gasteiger partial charge >= 0.3 is 0 Å². The molecule has 0 amide bonds. The van der Waals surface area contributed by atoms with Gasteiger partial charge in [-0.25, -0.2) is 9.97 Å². The van der Waals surface area contributed by atoms with Crippen LogP contribution in [0.25, 0.3) is 0 Å². The van der Waals surface area contributed by atoms with Gasteiger partial charge in [0.2, 0.25) is 0 Å². The molecule has 0 unspecified atom stereocenters. The van der Waals surface area contributed by atoms with Crippen LogP contribution in [0, 0.1) is 0 Å². The van der Waals surface area contributed by atoms with Crippen molar-refractivity contribution in [1.29, 1.82) is 0 Å². The summed E-state index contributed by atoms with van der Waals surface area (Å²) in [5, 5.41) is 0. The lowest BCUT2D eigenvalue weighted by Crippen LogP contribution is -2.18. The van der Waals surface area contributed by atoms with E-state index in [-0.39, 0.29) is 5.41 Å². The van der Waals surface area contributed by atoms with Crippen LogP contribution in [-0.4, -0.2) is 9.97 Å². The van der Waals surface area contributed by atoms with Crippen LogP contribution in [0.1, 0.15) is 46.9 Å². The van der Waals surface area contributed by atoms with E-state index < -0.39 is 0 Å².